The summed E-state index contributed by atoms with van der Waals surface area (Å²) in [5, 5.41) is 2.98. The van der Waals surface area contributed by atoms with Crippen molar-refractivity contribution >= 4 is 36.4 Å². The maximum absolute atomic E-state index is 12.6. The Morgan fingerprint density at radius 3 is 2.43 bits per heavy atom. The van der Waals surface area contributed by atoms with E-state index in [1.54, 1.807) is 24.3 Å². The van der Waals surface area contributed by atoms with Crippen LogP contribution in [0.3, 0.4) is 0 Å². The third-order valence-corrected chi connectivity index (χ3v) is 4.44. The number of anilines is 1. The zero-order valence-corrected chi connectivity index (χ0v) is 16.5. The number of nitrogen functional groups attached to an aromatic ring is 1. The fourth-order valence-electron chi connectivity index (χ4n) is 3.10. The number of benzene rings is 2. The van der Waals surface area contributed by atoms with E-state index in [4.69, 9.17) is 5.73 Å². The first-order valence-electron chi connectivity index (χ1n) is 8.36. The van der Waals surface area contributed by atoms with E-state index >= 15 is 0 Å². The average Bonchev–Trinajstić information content (AvgIpc) is 3.01. The number of carbonyl (C=O) groups excluding carboxylic acids is 1. The number of carbonyl (C=O) groups is 1. The predicted molar refractivity (Wildman–Crippen MR) is 108 cm³/mol. The number of alkyl halides is 3. The second-order valence-electron chi connectivity index (χ2n) is 6.51. The lowest BCUT2D eigenvalue weighted by Crippen LogP contribution is -2.37. The highest BCUT2D eigenvalue weighted by molar-refractivity contribution is 5.95. The van der Waals surface area contributed by atoms with E-state index in [0.29, 0.717) is 24.3 Å². The quantitative estimate of drug-likeness (QED) is 0.709. The minimum atomic E-state index is -4.32. The number of likely N-dealkylation sites (tertiary alicyclic amines) is 1. The van der Waals surface area contributed by atoms with Crippen LogP contribution in [0.25, 0.3) is 0 Å². The molecule has 0 saturated carbocycles. The lowest BCUT2D eigenvalue weighted by atomic mass is 10.1. The van der Waals surface area contributed by atoms with Crippen molar-refractivity contribution < 1.29 is 18.0 Å². The van der Waals surface area contributed by atoms with Crippen LogP contribution in [-0.2, 0) is 12.7 Å². The number of nitrogens with two attached hydrogens (primary N) is 1. The Morgan fingerprint density at radius 1 is 1.14 bits per heavy atom. The van der Waals surface area contributed by atoms with Crippen LogP contribution in [-0.4, -0.2) is 29.9 Å². The molecular formula is C19H22Cl2F3N3O. The number of halogens is 5. The Labute approximate surface area is 174 Å². The van der Waals surface area contributed by atoms with Crippen molar-refractivity contribution in [1.82, 2.24) is 10.2 Å². The summed E-state index contributed by atoms with van der Waals surface area (Å²) in [4.78, 5) is 14.4. The molecular weight excluding hydrogens is 414 g/mol. The minimum Gasteiger partial charge on any atom is -0.399 e. The molecule has 4 nitrogen and oxygen atoms in total. The summed E-state index contributed by atoms with van der Waals surface area (Å²) in [5.74, 6) is -0.168. The number of nitrogens with zero attached hydrogens (tertiary/aromatic N) is 1. The van der Waals surface area contributed by atoms with Crippen LogP contribution in [0, 0.1) is 0 Å². The third-order valence-electron chi connectivity index (χ3n) is 4.44. The molecule has 1 unspecified atom stereocenters. The SMILES string of the molecule is Cl.Cl.Nc1cccc(C(=O)NC2CCN(Cc3ccc(C(F)(F)F)cc3)C2)c1. The van der Waals surface area contributed by atoms with E-state index in [1.165, 1.54) is 12.1 Å². The molecule has 1 aliphatic rings. The van der Waals surface area contributed by atoms with E-state index in [-0.39, 0.29) is 36.8 Å². The zero-order valence-electron chi connectivity index (χ0n) is 14.9. The van der Waals surface area contributed by atoms with E-state index in [1.807, 2.05) is 0 Å². The van der Waals surface area contributed by atoms with Gasteiger partial charge in [-0.1, -0.05) is 18.2 Å². The van der Waals surface area contributed by atoms with Crippen LogP contribution in [0.15, 0.2) is 48.5 Å². The molecule has 2 aromatic rings. The first kappa shape index (κ1) is 24.1. The van der Waals surface area contributed by atoms with Gasteiger partial charge in [-0.15, -0.1) is 24.8 Å². The van der Waals surface area contributed by atoms with Crippen LogP contribution in [0.2, 0.25) is 0 Å². The Balaban J connectivity index is 0.00000196. The van der Waals surface area contributed by atoms with Gasteiger partial charge < -0.3 is 11.1 Å². The van der Waals surface area contributed by atoms with Crippen molar-refractivity contribution in [2.45, 2.75) is 25.2 Å². The molecule has 0 aromatic heterocycles. The summed E-state index contributed by atoms with van der Waals surface area (Å²) >= 11 is 0. The smallest absolute Gasteiger partial charge is 0.399 e. The molecule has 1 heterocycles. The van der Waals surface area contributed by atoms with Gasteiger partial charge in [0, 0.05) is 36.9 Å². The van der Waals surface area contributed by atoms with Crippen LogP contribution in [0.1, 0.15) is 27.9 Å². The van der Waals surface area contributed by atoms with Gasteiger partial charge in [0.25, 0.3) is 5.91 Å². The molecule has 3 rings (SSSR count). The largest absolute Gasteiger partial charge is 0.416 e. The molecule has 1 atom stereocenters. The topological polar surface area (TPSA) is 58.4 Å². The van der Waals surface area contributed by atoms with Gasteiger partial charge in [0.1, 0.15) is 0 Å². The van der Waals surface area contributed by atoms with Gasteiger partial charge in [-0.3, -0.25) is 9.69 Å². The summed E-state index contributed by atoms with van der Waals surface area (Å²) in [7, 11) is 0. The molecule has 0 spiro atoms. The standard InChI is InChI=1S/C19H20F3N3O.2ClH/c20-19(21,22)15-6-4-13(5-7-15)11-25-9-8-17(12-25)24-18(26)14-2-1-3-16(23)10-14;;/h1-7,10,17H,8-9,11-12,23H2,(H,24,26);2*1H. The van der Waals surface area contributed by atoms with Gasteiger partial charge in [-0.05, 0) is 42.3 Å². The highest BCUT2D eigenvalue weighted by Crippen LogP contribution is 2.29. The Kier molecular flexibility index (Phi) is 8.60. The van der Waals surface area contributed by atoms with E-state index in [2.05, 4.69) is 10.2 Å². The van der Waals surface area contributed by atoms with Crippen LogP contribution in [0.5, 0.6) is 0 Å². The highest BCUT2D eigenvalue weighted by Gasteiger charge is 2.30. The van der Waals surface area contributed by atoms with Gasteiger partial charge in [0.05, 0.1) is 5.56 Å². The van der Waals surface area contributed by atoms with Crippen molar-refractivity contribution in [3.05, 3.63) is 65.2 Å². The molecule has 2 aromatic carbocycles. The molecule has 1 amide bonds. The minimum absolute atomic E-state index is 0. The number of hydrogen-bond acceptors (Lipinski definition) is 3. The molecule has 1 saturated heterocycles. The van der Waals surface area contributed by atoms with Crippen molar-refractivity contribution in [3.8, 4) is 0 Å². The van der Waals surface area contributed by atoms with Crippen molar-refractivity contribution in [2.24, 2.45) is 0 Å². The molecule has 1 aliphatic heterocycles. The summed E-state index contributed by atoms with van der Waals surface area (Å²) in [6.07, 6.45) is -3.52. The van der Waals surface area contributed by atoms with Gasteiger partial charge in [0.2, 0.25) is 0 Å². The van der Waals surface area contributed by atoms with Gasteiger partial charge in [0.15, 0.2) is 0 Å². The highest BCUT2D eigenvalue weighted by atomic mass is 35.5. The Morgan fingerprint density at radius 2 is 1.82 bits per heavy atom. The number of hydrogen-bond donors (Lipinski definition) is 2. The van der Waals surface area contributed by atoms with E-state index in [9.17, 15) is 18.0 Å². The fourth-order valence-corrected chi connectivity index (χ4v) is 3.10. The monoisotopic (exact) mass is 435 g/mol. The Hall–Kier alpha value is -1.96. The van der Waals surface area contributed by atoms with Crippen LogP contribution >= 0.6 is 24.8 Å². The first-order valence-corrected chi connectivity index (χ1v) is 8.36. The maximum Gasteiger partial charge on any atom is 0.416 e. The zero-order chi connectivity index (χ0) is 18.7. The van der Waals surface area contributed by atoms with Gasteiger partial charge in [-0.2, -0.15) is 13.2 Å². The lowest BCUT2D eigenvalue weighted by Gasteiger charge is -2.17. The van der Waals surface area contributed by atoms with E-state index < -0.39 is 11.7 Å². The molecule has 0 bridgehead atoms. The van der Waals surface area contributed by atoms with Gasteiger partial charge >= 0.3 is 6.18 Å². The normalized spacial score (nSPS) is 16.8. The summed E-state index contributed by atoms with van der Waals surface area (Å²) in [6.45, 7) is 2.00. The average molecular weight is 436 g/mol. The van der Waals surface area contributed by atoms with Gasteiger partial charge in [-0.25, -0.2) is 0 Å². The predicted octanol–water partition coefficient (Wildman–Crippen LogP) is 4.14. The molecule has 9 heteroatoms. The lowest BCUT2D eigenvalue weighted by molar-refractivity contribution is -0.137. The summed E-state index contributed by atoms with van der Waals surface area (Å²) in [6, 6.07) is 12.0. The second-order valence-corrected chi connectivity index (χ2v) is 6.51. The number of rotatable bonds is 4. The molecule has 0 aliphatic carbocycles. The summed E-state index contributed by atoms with van der Waals surface area (Å²) in [5.41, 5.74) is 6.92. The van der Waals surface area contributed by atoms with Crippen LogP contribution < -0.4 is 11.1 Å². The van der Waals surface area contributed by atoms with Crippen molar-refractivity contribution in [2.75, 3.05) is 18.8 Å². The van der Waals surface area contributed by atoms with E-state index in [0.717, 1.165) is 30.7 Å². The third kappa shape index (κ3) is 6.29. The molecule has 0 radical (unpaired) electrons. The molecule has 28 heavy (non-hydrogen) atoms. The Bertz CT molecular complexity index is 785. The van der Waals surface area contributed by atoms with Crippen molar-refractivity contribution in [3.63, 3.8) is 0 Å². The van der Waals surface area contributed by atoms with Crippen LogP contribution in [0.4, 0.5) is 18.9 Å². The molecule has 154 valence electrons. The number of nitrogens with one attached hydrogen (secondary N) is 1. The molecule has 3 N–H and O–H groups in total. The maximum atomic E-state index is 12.6. The fraction of sp³-hybridized carbons (Fsp3) is 0.316. The number of amides is 1. The van der Waals surface area contributed by atoms with Crippen molar-refractivity contribution in [1.29, 1.82) is 0 Å². The second kappa shape index (κ2) is 10.0. The first-order chi connectivity index (χ1) is 12.3. The summed E-state index contributed by atoms with van der Waals surface area (Å²) < 4.78 is 37.8. The molecule has 1 fully saturated rings.